The third-order valence-electron chi connectivity index (χ3n) is 5.75. The molecule has 0 saturated carbocycles. The number of benzene rings is 3. The fourth-order valence-corrected chi connectivity index (χ4v) is 4.10. The van der Waals surface area contributed by atoms with Gasteiger partial charge < -0.3 is 0 Å². The van der Waals surface area contributed by atoms with Crippen molar-refractivity contribution in [1.82, 2.24) is 9.78 Å². The Hall–Kier alpha value is -4.80. The lowest BCUT2D eigenvalue weighted by Crippen LogP contribution is -2.31. The van der Waals surface area contributed by atoms with Gasteiger partial charge in [0, 0.05) is 28.8 Å². The van der Waals surface area contributed by atoms with Crippen molar-refractivity contribution in [3.63, 3.8) is 0 Å². The molecule has 1 aliphatic carbocycles. The summed E-state index contributed by atoms with van der Waals surface area (Å²) in [4.78, 5) is 13.1. The third kappa shape index (κ3) is 4.45. The average Bonchev–Trinajstić information content (AvgIpc) is 3.35. The van der Waals surface area contributed by atoms with Crippen LogP contribution < -0.4 is 5.43 Å². The largest absolute Gasteiger partial charge is 0.297 e. The standard InChI is InChI=1S/C28H19ClN6O/c29-19-13-11-18(12-14-19)27-24(17-35(34-27)21-9-5-2-6-10-21)22-15-25(36)28(26(31)23(22)16-30)33-32-20-7-3-1-4-8-20/h1-14,17,31-32H,15H2/b31-26?,33-28-. The number of nitrogens with one attached hydrogen (secondary N) is 2. The average molecular weight is 491 g/mol. The predicted molar refractivity (Wildman–Crippen MR) is 141 cm³/mol. The lowest BCUT2D eigenvalue weighted by Gasteiger charge is -2.18. The molecule has 1 heterocycles. The molecule has 0 atom stereocenters. The Labute approximate surface area is 212 Å². The summed E-state index contributed by atoms with van der Waals surface area (Å²) in [7, 11) is 0. The highest BCUT2D eigenvalue weighted by Gasteiger charge is 2.33. The van der Waals surface area contributed by atoms with Gasteiger partial charge in [-0.1, -0.05) is 60.1 Å². The number of hydrogen-bond donors (Lipinski definition) is 2. The zero-order chi connectivity index (χ0) is 25.1. The second kappa shape index (κ2) is 9.82. The highest BCUT2D eigenvalue weighted by atomic mass is 35.5. The summed E-state index contributed by atoms with van der Waals surface area (Å²) < 4.78 is 1.70. The minimum absolute atomic E-state index is 0.0809. The van der Waals surface area contributed by atoms with Crippen molar-refractivity contribution >= 4 is 40.1 Å². The summed E-state index contributed by atoms with van der Waals surface area (Å²) >= 11 is 6.09. The van der Waals surface area contributed by atoms with Crippen LogP contribution in [0.1, 0.15) is 12.0 Å². The maximum absolute atomic E-state index is 13.1. The summed E-state index contributed by atoms with van der Waals surface area (Å²) in [6, 6.07) is 28.0. The van der Waals surface area contributed by atoms with Gasteiger partial charge >= 0.3 is 0 Å². The van der Waals surface area contributed by atoms with E-state index in [0.717, 1.165) is 11.3 Å². The topological polar surface area (TPSA) is 107 Å². The molecule has 0 bridgehead atoms. The lowest BCUT2D eigenvalue weighted by molar-refractivity contribution is -0.111. The van der Waals surface area contributed by atoms with Crippen LogP contribution in [0.4, 0.5) is 5.69 Å². The minimum Gasteiger partial charge on any atom is -0.297 e. The highest BCUT2D eigenvalue weighted by Crippen LogP contribution is 2.35. The van der Waals surface area contributed by atoms with Crippen LogP contribution in [0.2, 0.25) is 5.02 Å². The van der Waals surface area contributed by atoms with E-state index in [-0.39, 0.29) is 29.2 Å². The lowest BCUT2D eigenvalue weighted by atomic mass is 9.84. The zero-order valence-corrected chi connectivity index (χ0v) is 19.7. The van der Waals surface area contributed by atoms with Crippen molar-refractivity contribution in [2.75, 3.05) is 5.43 Å². The molecule has 8 heteroatoms. The van der Waals surface area contributed by atoms with E-state index in [2.05, 4.69) is 16.6 Å². The van der Waals surface area contributed by atoms with E-state index < -0.39 is 0 Å². The van der Waals surface area contributed by atoms with E-state index in [1.54, 1.807) is 35.1 Å². The van der Waals surface area contributed by atoms with E-state index in [4.69, 9.17) is 22.1 Å². The Kier molecular flexibility index (Phi) is 6.27. The van der Waals surface area contributed by atoms with Gasteiger partial charge in [0.05, 0.1) is 16.9 Å². The molecule has 174 valence electrons. The molecule has 0 fully saturated rings. The number of carbonyl (C=O) groups excluding carboxylic acids is 1. The molecule has 5 rings (SSSR count). The SMILES string of the molecule is N#CC1=C(c2cn(-c3ccccc3)nc2-c2ccc(Cl)cc2)CC(=O)/C(=N/Nc2ccccc2)C1=N. The van der Waals surface area contributed by atoms with E-state index >= 15 is 0 Å². The van der Waals surface area contributed by atoms with Gasteiger partial charge in [-0.25, -0.2) is 4.68 Å². The molecule has 0 radical (unpaired) electrons. The molecule has 2 N–H and O–H groups in total. The number of hydrazone groups is 1. The van der Waals surface area contributed by atoms with Gasteiger partial charge in [-0.05, 0) is 42.0 Å². The van der Waals surface area contributed by atoms with E-state index in [1.807, 2.05) is 60.7 Å². The first-order valence-electron chi connectivity index (χ1n) is 11.1. The van der Waals surface area contributed by atoms with Crippen LogP contribution in [-0.2, 0) is 4.79 Å². The molecule has 36 heavy (non-hydrogen) atoms. The van der Waals surface area contributed by atoms with Gasteiger partial charge in [-0.15, -0.1) is 0 Å². The first kappa shape index (κ1) is 23.0. The number of rotatable bonds is 5. The molecule has 4 aromatic rings. The van der Waals surface area contributed by atoms with Gasteiger partial charge in [0.15, 0.2) is 11.5 Å². The van der Waals surface area contributed by atoms with Gasteiger partial charge in [0.2, 0.25) is 0 Å². The zero-order valence-electron chi connectivity index (χ0n) is 18.9. The molecule has 3 aromatic carbocycles. The van der Waals surface area contributed by atoms with Crippen molar-refractivity contribution < 1.29 is 4.79 Å². The van der Waals surface area contributed by atoms with Crippen molar-refractivity contribution in [2.24, 2.45) is 5.10 Å². The molecule has 0 saturated heterocycles. The molecule has 7 nitrogen and oxygen atoms in total. The van der Waals surface area contributed by atoms with E-state index in [0.29, 0.717) is 27.5 Å². The van der Waals surface area contributed by atoms with Crippen LogP contribution in [0.15, 0.2) is 102 Å². The molecular weight excluding hydrogens is 472 g/mol. The van der Waals surface area contributed by atoms with Crippen LogP contribution in [0.3, 0.4) is 0 Å². The van der Waals surface area contributed by atoms with Crippen LogP contribution in [0.5, 0.6) is 0 Å². The van der Waals surface area contributed by atoms with Crippen LogP contribution in [0, 0.1) is 16.7 Å². The number of carbonyl (C=O) groups is 1. The number of Topliss-reactive ketones (excluding diaryl/α,β-unsaturated/α-hetero) is 1. The monoisotopic (exact) mass is 490 g/mol. The van der Waals surface area contributed by atoms with E-state index in [1.165, 1.54) is 0 Å². The summed E-state index contributed by atoms with van der Waals surface area (Å²) in [5.74, 6) is -0.355. The van der Waals surface area contributed by atoms with Crippen LogP contribution in [0.25, 0.3) is 22.5 Å². The fourth-order valence-electron chi connectivity index (χ4n) is 3.97. The van der Waals surface area contributed by atoms with Crippen molar-refractivity contribution in [1.29, 1.82) is 10.7 Å². The number of aromatic nitrogens is 2. The normalized spacial score (nSPS) is 14.7. The fraction of sp³-hybridized carbons (Fsp3) is 0.0357. The number of nitriles is 1. The molecule has 0 unspecified atom stereocenters. The quantitative estimate of drug-likeness (QED) is 0.338. The Morgan fingerprint density at radius 3 is 2.33 bits per heavy atom. The molecule has 0 spiro atoms. The smallest absolute Gasteiger partial charge is 0.189 e. The van der Waals surface area contributed by atoms with E-state index in [9.17, 15) is 10.1 Å². The number of nitrogens with zero attached hydrogens (tertiary/aromatic N) is 4. The van der Waals surface area contributed by atoms with Gasteiger partial charge in [0.1, 0.15) is 17.5 Å². The minimum atomic E-state index is -0.355. The number of halogens is 1. The molecule has 1 aliphatic rings. The Morgan fingerprint density at radius 2 is 1.67 bits per heavy atom. The molecule has 0 amide bonds. The maximum Gasteiger partial charge on any atom is 0.189 e. The second-order valence-corrected chi connectivity index (χ2v) is 8.49. The summed E-state index contributed by atoms with van der Waals surface area (Å²) in [6.07, 6.45) is 1.71. The van der Waals surface area contributed by atoms with Crippen LogP contribution in [-0.4, -0.2) is 27.0 Å². The van der Waals surface area contributed by atoms with Crippen LogP contribution >= 0.6 is 11.6 Å². The first-order chi connectivity index (χ1) is 17.5. The Bertz CT molecular complexity index is 1560. The van der Waals surface area contributed by atoms with Gasteiger partial charge in [-0.3, -0.25) is 15.6 Å². The third-order valence-corrected chi connectivity index (χ3v) is 6.00. The summed E-state index contributed by atoms with van der Waals surface area (Å²) in [5.41, 5.74) is 6.50. The number of para-hydroxylation sites is 2. The Balaban J connectivity index is 1.62. The van der Waals surface area contributed by atoms with Crippen molar-refractivity contribution in [2.45, 2.75) is 6.42 Å². The number of allylic oxidation sites excluding steroid dienone is 2. The molecule has 1 aromatic heterocycles. The molecular formula is C28H19ClN6O. The number of anilines is 1. The Morgan fingerprint density at radius 1 is 1.00 bits per heavy atom. The number of ketones is 1. The maximum atomic E-state index is 13.1. The van der Waals surface area contributed by atoms with Gasteiger partial charge in [0.25, 0.3) is 0 Å². The summed E-state index contributed by atoms with van der Waals surface area (Å²) in [6.45, 7) is 0. The summed E-state index contributed by atoms with van der Waals surface area (Å²) in [5, 5.41) is 28.2. The number of hydrogen-bond acceptors (Lipinski definition) is 6. The predicted octanol–water partition coefficient (Wildman–Crippen LogP) is 5.93. The van der Waals surface area contributed by atoms with Gasteiger partial charge in [-0.2, -0.15) is 15.5 Å². The first-order valence-corrected chi connectivity index (χ1v) is 11.5. The molecule has 0 aliphatic heterocycles. The van der Waals surface area contributed by atoms with Crippen molar-refractivity contribution in [3.05, 3.63) is 107 Å². The second-order valence-electron chi connectivity index (χ2n) is 8.06. The van der Waals surface area contributed by atoms with Crippen molar-refractivity contribution in [3.8, 4) is 23.0 Å². The highest BCUT2D eigenvalue weighted by molar-refractivity contribution is 6.73.